The van der Waals surface area contributed by atoms with Gasteiger partial charge in [-0.05, 0) is 42.5 Å². The molecule has 0 atom stereocenters. The number of allylic oxidation sites excluding steroid dienone is 1. The van der Waals surface area contributed by atoms with E-state index in [1.165, 1.54) is 38.6 Å². The quantitative estimate of drug-likeness (QED) is 0.670. The molecule has 2 aromatic carbocycles. The number of benzene rings is 2. The Morgan fingerprint density at radius 1 is 0.905 bits per heavy atom. The van der Waals surface area contributed by atoms with Gasteiger partial charge in [-0.2, -0.15) is 0 Å². The minimum Gasteiger partial charge on any atom is -0.0683 e. The van der Waals surface area contributed by atoms with Gasteiger partial charge in [-0.15, -0.1) is 0 Å². The van der Waals surface area contributed by atoms with Gasteiger partial charge in [-0.25, -0.2) is 0 Å². The van der Waals surface area contributed by atoms with Crippen molar-refractivity contribution in [1.82, 2.24) is 0 Å². The summed E-state index contributed by atoms with van der Waals surface area (Å²) in [6.07, 6.45) is 3.47. The van der Waals surface area contributed by atoms with Crippen LogP contribution < -0.4 is 5.19 Å². The van der Waals surface area contributed by atoms with Crippen LogP contribution in [0.2, 0.25) is 19.6 Å². The van der Waals surface area contributed by atoms with Gasteiger partial charge in [0.1, 0.15) is 0 Å². The fourth-order valence-corrected chi connectivity index (χ4v) is 4.34. The summed E-state index contributed by atoms with van der Waals surface area (Å²) in [6, 6.07) is 14.0. The van der Waals surface area contributed by atoms with E-state index in [1.54, 1.807) is 0 Å². The summed E-state index contributed by atoms with van der Waals surface area (Å²) in [7, 11) is -1.21. The predicted molar refractivity (Wildman–Crippen MR) is 97.0 cm³/mol. The Labute approximate surface area is 129 Å². The zero-order valence-corrected chi connectivity index (χ0v) is 14.7. The molecule has 0 saturated carbocycles. The number of rotatable bonds is 2. The van der Waals surface area contributed by atoms with Crippen LogP contribution >= 0.6 is 0 Å². The van der Waals surface area contributed by atoms with Crippen molar-refractivity contribution in [2.24, 2.45) is 0 Å². The van der Waals surface area contributed by atoms with Gasteiger partial charge in [0.05, 0.1) is 8.07 Å². The van der Waals surface area contributed by atoms with Crippen LogP contribution in [0, 0.1) is 6.92 Å². The van der Waals surface area contributed by atoms with Crippen LogP contribution in [0.5, 0.6) is 0 Å². The Morgan fingerprint density at radius 2 is 1.57 bits per heavy atom. The summed E-state index contributed by atoms with van der Waals surface area (Å²) in [5.74, 6) is 0. The lowest BCUT2D eigenvalue weighted by molar-refractivity contribution is 1.19. The number of aryl methyl sites for hydroxylation is 1. The molecule has 1 heteroatoms. The van der Waals surface area contributed by atoms with Crippen LogP contribution in [0.1, 0.15) is 23.6 Å². The number of hydrogen-bond acceptors (Lipinski definition) is 0. The largest absolute Gasteiger partial charge is 0.0775 e. The van der Waals surface area contributed by atoms with Crippen molar-refractivity contribution in [1.29, 1.82) is 0 Å². The van der Waals surface area contributed by atoms with E-state index < -0.39 is 8.07 Å². The first-order valence-electron chi connectivity index (χ1n) is 7.76. The third-order valence-corrected chi connectivity index (χ3v) is 6.40. The summed E-state index contributed by atoms with van der Waals surface area (Å²) in [6.45, 7) is 11.6. The molecular formula is C20H24Si. The molecular weight excluding hydrogens is 268 g/mol. The fraction of sp³-hybridized carbons (Fsp3) is 0.300. The predicted octanol–water partition coefficient (Wildman–Crippen LogP) is 5.17. The van der Waals surface area contributed by atoms with Crippen molar-refractivity contribution < 1.29 is 0 Å². The molecule has 0 amide bonds. The topological polar surface area (TPSA) is 0 Å². The first kappa shape index (κ1) is 14.3. The molecule has 3 rings (SSSR count). The molecule has 0 heterocycles. The third kappa shape index (κ3) is 2.75. The molecule has 0 bridgehead atoms. The van der Waals surface area contributed by atoms with E-state index in [-0.39, 0.29) is 0 Å². The molecule has 21 heavy (non-hydrogen) atoms. The summed E-state index contributed by atoms with van der Waals surface area (Å²) in [5.41, 5.74) is 8.49. The molecule has 108 valence electrons. The highest BCUT2D eigenvalue weighted by atomic mass is 28.3. The normalized spacial score (nSPS) is 14.0. The summed E-state index contributed by atoms with van der Waals surface area (Å²) < 4.78 is 0. The van der Waals surface area contributed by atoms with Crippen molar-refractivity contribution in [2.45, 2.75) is 39.9 Å². The van der Waals surface area contributed by atoms with E-state index in [2.05, 4.69) is 76.0 Å². The minimum atomic E-state index is -1.21. The molecule has 0 saturated heterocycles. The van der Waals surface area contributed by atoms with Gasteiger partial charge >= 0.3 is 0 Å². The molecule has 0 radical (unpaired) electrons. The van der Waals surface area contributed by atoms with Gasteiger partial charge in [-0.1, -0.05) is 78.4 Å². The Balaban J connectivity index is 2.10. The monoisotopic (exact) mass is 292 g/mol. The molecule has 0 nitrogen and oxygen atoms in total. The van der Waals surface area contributed by atoms with Crippen LogP contribution in [-0.4, -0.2) is 8.07 Å². The second kappa shape index (κ2) is 4.99. The van der Waals surface area contributed by atoms with Crippen molar-refractivity contribution in [3.8, 4) is 11.1 Å². The fourth-order valence-electron chi connectivity index (χ4n) is 3.18. The van der Waals surface area contributed by atoms with E-state index in [0.717, 1.165) is 6.42 Å². The lowest BCUT2D eigenvalue weighted by Gasteiger charge is -2.17. The standard InChI is InChI=1S/C20H24Si/c1-14-10-17-11-15(2)13-20(17)19(12-14)16-6-8-18(9-7-16)21(3,4)5/h6-10,12-13H,11H2,1-5H3. The minimum absolute atomic E-state index is 1.11. The molecule has 2 aromatic rings. The van der Waals surface area contributed by atoms with Crippen LogP contribution in [0.25, 0.3) is 17.2 Å². The molecule has 0 fully saturated rings. The third-order valence-electron chi connectivity index (χ3n) is 4.33. The first-order valence-corrected chi connectivity index (χ1v) is 11.3. The average Bonchev–Trinajstić information content (AvgIpc) is 2.77. The molecule has 0 aliphatic heterocycles. The van der Waals surface area contributed by atoms with Crippen LogP contribution in [0.3, 0.4) is 0 Å². The maximum Gasteiger partial charge on any atom is 0.0775 e. The second-order valence-electron chi connectivity index (χ2n) is 7.38. The van der Waals surface area contributed by atoms with Crippen molar-refractivity contribution >= 4 is 19.3 Å². The van der Waals surface area contributed by atoms with E-state index >= 15 is 0 Å². The lowest BCUT2D eigenvalue weighted by Crippen LogP contribution is -2.37. The second-order valence-corrected chi connectivity index (χ2v) is 12.5. The average molecular weight is 292 g/mol. The molecule has 0 spiro atoms. The van der Waals surface area contributed by atoms with Gasteiger partial charge in [0.15, 0.2) is 0 Å². The highest BCUT2D eigenvalue weighted by Crippen LogP contribution is 2.34. The molecule has 0 N–H and O–H groups in total. The zero-order valence-electron chi connectivity index (χ0n) is 13.7. The maximum absolute atomic E-state index is 2.40. The van der Waals surface area contributed by atoms with Crippen LogP contribution in [0.15, 0.2) is 42.0 Å². The molecule has 0 unspecified atom stereocenters. The Kier molecular flexibility index (Phi) is 3.41. The first-order chi connectivity index (χ1) is 9.84. The van der Waals surface area contributed by atoms with Gasteiger partial charge in [0.2, 0.25) is 0 Å². The number of fused-ring (bicyclic) bond motifs is 1. The SMILES string of the molecule is CC1=Cc2c(cc(C)cc2-c2ccc([Si](C)(C)C)cc2)C1. The molecule has 1 aliphatic rings. The van der Waals surface area contributed by atoms with E-state index in [9.17, 15) is 0 Å². The van der Waals surface area contributed by atoms with Crippen LogP contribution in [-0.2, 0) is 6.42 Å². The Bertz CT molecular complexity index is 713. The van der Waals surface area contributed by atoms with Crippen molar-refractivity contribution in [2.75, 3.05) is 0 Å². The highest BCUT2D eigenvalue weighted by molar-refractivity contribution is 6.88. The van der Waals surface area contributed by atoms with Crippen molar-refractivity contribution in [3.63, 3.8) is 0 Å². The van der Waals surface area contributed by atoms with Crippen LogP contribution in [0.4, 0.5) is 0 Å². The van der Waals surface area contributed by atoms with Crippen molar-refractivity contribution in [3.05, 3.63) is 58.7 Å². The summed E-state index contributed by atoms with van der Waals surface area (Å²) in [5, 5.41) is 1.53. The Hall–Kier alpha value is -1.60. The van der Waals surface area contributed by atoms with E-state index in [4.69, 9.17) is 0 Å². The maximum atomic E-state index is 2.40. The van der Waals surface area contributed by atoms with E-state index in [1.807, 2.05) is 0 Å². The summed E-state index contributed by atoms with van der Waals surface area (Å²) in [4.78, 5) is 0. The molecule has 1 aliphatic carbocycles. The van der Waals surface area contributed by atoms with Gasteiger partial charge in [0.25, 0.3) is 0 Å². The van der Waals surface area contributed by atoms with Gasteiger partial charge in [-0.3, -0.25) is 0 Å². The Morgan fingerprint density at radius 3 is 2.19 bits per heavy atom. The zero-order chi connectivity index (χ0) is 15.2. The lowest BCUT2D eigenvalue weighted by atomic mass is 9.95. The van der Waals surface area contributed by atoms with Gasteiger partial charge in [0, 0.05) is 0 Å². The number of hydrogen-bond donors (Lipinski definition) is 0. The molecule has 0 aromatic heterocycles. The smallest absolute Gasteiger partial charge is 0.0683 e. The van der Waals surface area contributed by atoms with E-state index in [0.29, 0.717) is 0 Å². The summed E-state index contributed by atoms with van der Waals surface area (Å²) >= 11 is 0. The highest BCUT2D eigenvalue weighted by Gasteiger charge is 2.18. The van der Waals surface area contributed by atoms with Gasteiger partial charge < -0.3 is 0 Å².